The van der Waals surface area contributed by atoms with Crippen LogP contribution in [0.4, 0.5) is 17.6 Å². The Morgan fingerprint density at radius 2 is 1.88 bits per heavy atom. The van der Waals surface area contributed by atoms with Crippen molar-refractivity contribution < 1.29 is 22.3 Å². The van der Waals surface area contributed by atoms with Gasteiger partial charge in [0.1, 0.15) is 5.75 Å². The number of halogens is 4. The van der Waals surface area contributed by atoms with Crippen LogP contribution in [0.3, 0.4) is 0 Å². The molecule has 17 heavy (non-hydrogen) atoms. The second-order valence-electron chi connectivity index (χ2n) is 3.70. The molecule has 1 unspecified atom stereocenters. The van der Waals surface area contributed by atoms with Gasteiger partial charge in [0, 0.05) is 13.0 Å². The van der Waals surface area contributed by atoms with Crippen LogP contribution in [-0.2, 0) is 6.42 Å². The third kappa shape index (κ3) is 3.09. The molecule has 96 valence electrons. The standard InChI is InChI=1S/C11H13F4NO/c1-17-9-4-2-3-8(5-9)6-10(12,7-16)11(13,14)15/h2-5H,6-7,16H2,1H3. The Hall–Kier alpha value is -1.30. The molecule has 0 aromatic heterocycles. The highest BCUT2D eigenvalue weighted by atomic mass is 19.4. The number of benzene rings is 1. The van der Waals surface area contributed by atoms with Gasteiger partial charge in [0.05, 0.1) is 7.11 Å². The number of hydrogen-bond donors (Lipinski definition) is 1. The van der Waals surface area contributed by atoms with Gasteiger partial charge in [-0.25, -0.2) is 4.39 Å². The molecule has 0 amide bonds. The largest absolute Gasteiger partial charge is 0.497 e. The van der Waals surface area contributed by atoms with Crippen molar-refractivity contribution in [3.8, 4) is 5.75 Å². The average Bonchev–Trinajstić information content (AvgIpc) is 2.27. The molecule has 0 heterocycles. The van der Waals surface area contributed by atoms with Gasteiger partial charge in [-0.2, -0.15) is 13.2 Å². The fourth-order valence-corrected chi connectivity index (χ4v) is 1.39. The average molecular weight is 251 g/mol. The Morgan fingerprint density at radius 1 is 1.24 bits per heavy atom. The van der Waals surface area contributed by atoms with Crippen molar-refractivity contribution in [3.63, 3.8) is 0 Å². The molecule has 0 aliphatic carbocycles. The van der Waals surface area contributed by atoms with Crippen molar-refractivity contribution in [2.45, 2.75) is 18.3 Å². The molecule has 1 aromatic rings. The van der Waals surface area contributed by atoms with Crippen LogP contribution in [0.2, 0.25) is 0 Å². The summed E-state index contributed by atoms with van der Waals surface area (Å²) in [6.07, 6.45) is -5.80. The van der Waals surface area contributed by atoms with Crippen LogP contribution in [0.1, 0.15) is 5.56 Å². The first-order valence-electron chi connectivity index (χ1n) is 4.91. The molecule has 0 fully saturated rings. The third-order valence-corrected chi connectivity index (χ3v) is 2.45. The highest BCUT2D eigenvalue weighted by molar-refractivity contribution is 5.29. The second kappa shape index (κ2) is 4.91. The molecule has 1 atom stereocenters. The molecular weight excluding hydrogens is 238 g/mol. The zero-order valence-corrected chi connectivity index (χ0v) is 9.22. The number of methoxy groups -OCH3 is 1. The number of hydrogen-bond acceptors (Lipinski definition) is 2. The number of alkyl halides is 4. The molecule has 2 nitrogen and oxygen atoms in total. The summed E-state index contributed by atoms with van der Waals surface area (Å²) in [6.45, 7) is -1.10. The van der Waals surface area contributed by atoms with Crippen molar-refractivity contribution in [2.75, 3.05) is 13.7 Å². The van der Waals surface area contributed by atoms with Gasteiger partial charge in [-0.05, 0) is 17.7 Å². The lowest BCUT2D eigenvalue weighted by Gasteiger charge is -2.26. The molecule has 0 spiro atoms. The van der Waals surface area contributed by atoms with E-state index in [9.17, 15) is 17.6 Å². The molecule has 2 N–H and O–H groups in total. The molecule has 6 heteroatoms. The molecule has 0 radical (unpaired) electrons. The quantitative estimate of drug-likeness (QED) is 0.834. The van der Waals surface area contributed by atoms with E-state index in [2.05, 4.69) is 0 Å². The summed E-state index contributed by atoms with van der Waals surface area (Å²) in [5, 5.41) is 0. The highest BCUT2D eigenvalue weighted by Crippen LogP contribution is 2.36. The van der Waals surface area contributed by atoms with E-state index in [4.69, 9.17) is 10.5 Å². The number of rotatable bonds is 4. The lowest BCUT2D eigenvalue weighted by atomic mass is 9.95. The minimum absolute atomic E-state index is 0.189. The molecular formula is C11H13F4NO. The summed E-state index contributed by atoms with van der Waals surface area (Å²) in [7, 11) is 1.38. The monoisotopic (exact) mass is 251 g/mol. The fraction of sp³-hybridized carbons (Fsp3) is 0.455. The van der Waals surface area contributed by atoms with E-state index >= 15 is 0 Å². The van der Waals surface area contributed by atoms with Gasteiger partial charge >= 0.3 is 6.18 Å². The predicted octanol–water partition coefficient (Wildman–Crippen LogP) is 2.47. The summed E-state index contributed by atoms with van der Waals surface area (Å²) in [6, 6.07) is 5.83. The Bertz CT molecular complexity index is 380. The highest BCUT2D eigenvalue weighted by Gasteiger charge is 2.54. The smallest absolute Gasteiger partial charge is 0.424 e. The Kier molecular flexibility index (Phi) is 3.98. The molecule has 0 aliphatic rings. The topological polar surface area (TPSA) is 35.2 Å². The van der Waals surface area contributed by atoms with E-state index in [1.165, 1.54) is 25.3 Å². The van der Waals surface area contributed by atoms with Crippen molar-refractivity contribution in [1.82, 2.24) is 0 Å². The summed E-state index contributed by atoms with van der Waals surface area (Å²) in [5.41, 5.74) is 1.67. The van der Waals surface area contributed by atoms with Crippen molar-refractivity contribution in [2.24, 2.45) is 5.73 Å². The van der Waals surface area contributed by atoms with Gasteiger partial charge in [0.15, 0.2) is 0 Å². The Balaban J connectivity index is 2.95. The summed E-state index contributed by atoms with van der Waals surface area (Å²) in [4.78, 5) is 0. The van der Waals surface area contributed by atoms with Gasteiger partial charge in [-0.3, -0.25) is 0 Å². The molecule has 0 aliphatic heterocycles. The zero-order chi connectivity index (χ0) is 13.1. The fourth-order valence-electron chi connectivity index (χ4n) is 1.39. The van der Waals surface area contributed by atoms with Crippen LogP contribution in [0.15, 0.2) is 24.3 Å². The first kappa shape index (κ1) is 13.8. The van der Waals surface area contributed by atoms with Gasteiger partial charge in [-0.1, -0.05) is 12.1 Å². The molecule has 1 aromatic carbocycles. The van der Waals surface area contributed by atoms with Gasteiger partial charge in [0.25, 0.3) is 0 Å². The van der Waals surface area contributed by atoms with Gasteiger partial charge < -0.3 is 10.5 Å². The lowest BCUT2D eigenvalue weighted by molar-refractivity contribution is -0.226. The Labute approximate surface area is 96.4 Å². The van der Waals surface area contributed by atoms with E-state index in [0.29, 0.717) is 5.75 Å². The summed E-state index contributed by atoms with van der Waals surface area (Å²) in [5.74, 6) is 0.379. The first-order chi connectivity index (χ1) is 7.82. The molecule has 0 bridgehead atoms. The van der Waals surface area contributed by atoms with Crippen molar-refractivity contribution >= 4 is 0 Å². The van der Waals surface area contributed by atoms with Crippen LogP contribution >= 0.6 is 0 Å². The third-order valence-electron chi connectivity index (χ3n) is 2.45. The predicted molar refractivity (Wildman–Crippen MR) is 55.6 cm³/mol. The maximum Gasteiger partial charge on any atom is 0.424 e. The normalized spacial score (nSPS) is 15.4. The maximum atomic E-state index is 13.7. The molecule has 0 saturated heterocycles. The minimum Gasteiger partial charge on any atom is -0.497 e. The van der Waals surface area contributed by atoms with Gasteiger partial charge in [0.2, 0.25) is 5.67 Å². The summed E-state index contributed by atoms with van der Waals surface area (Å²) < 4.78 is 56.0. The SMILES string of the molecule is COc1cccc(CC(F)(CN)C(F)(F)F)c1. The van der Waals surface area contributed by atoms with E-state index in [1.807, 2.05) is 0 Å². The Morgan fingerprint density at radius 3 is 2.35 bits per heavy atom. The van der Waals surface area contributed by atoms with Crippen molar-refractivity contribution in [1.29, 1.82) is 0 Å². The van der Waals surface area contributed by atoms with Gasteiger partial charge in [-0.15, -0.1) is 0 Å². The second-order valence-corrected chi connectivity index (χ2v) is 3.70. The number of ether oxygens (including phenoxy) is 1. The molecule has 0 saturated carbocycles. The zero-order valence-electron chi connectivity index (χ0n) is 9.22. The minimum atomic E-state index is -4.98. The van der Waals surface area contributed by atoms with E-state index in [0.717, 1.165) is 0 Å². The summed E-state index contributed by atoms with van der Waals surface area (Å²) >= 11 is 0. The maximum absolute atomic E-state index is 13.7. The first-order valence-corrected chi connectivity index (χ1v) is 4.91. The molecule has 1 rings (SSSR count). The van der Waals surface area contributed by atoms with E-state index in [1.54, 1.807) is 6.07 Å². The van der Waals surface area contributed by atoms with Crippen LogP contribution in [0.5, 0.6) is 5.75 Å². The van der Waals surface area contributed by atoms with E-state index in [-0.39, 0.29) is 5.56 Å². The van der Waals surface area contributed by atoms with E-state index < -0.39 is 24.8 Å². The van der Waals surface area contributed by atoms with Crippen LogP contribution in [0, 0.1) is 0 Å². The van der Waals surface area contributed by atoms with Crippen molar-refractivity contribution in [3.05, 3.63) is 29.8 Å². The lowest BCUT2D eigenvalue weighted by Crippen LogP contribution is -2.49. The van der Waals surface area contributed by atoms with Crippen LogP contribution in [0.25, 0.3) is 0 Å². The number of nitrogens with two attached hydrogens (primary N) is 1. The van der Waals surface area contributed by atoms with Crippen LogP contribution < -0.4 is 10.5 Å². The van der Waals surface area contributed by atoms with Crippen LogP contribution in [-0.4, -0.2) is 25.5 Å².